The van der Waals surface area contributed by atoms with E-state index in [1.807, 2.05) is 0 Å². The number of ether oxygens (including phenoxy) is 1. The van der Waals surface area contributed by atoms with Crippen LogP contribution in [0.4, 0.5) is 26.3 Å². The molecule has 158 valence electrons. The quantitative estimate of drug-likeness (QED) is 0.516. The van der Waals surface area contributed by atoms with Crippen LogP contribution in [-0.4, -0.2) is 19.6 Å². The molecule has 0 atom stereocenters. The molecule has 0 fully saturated rings. The van der Waals surface area contributed by atoms with E-state index in [9.17, 15) is 31.1 Å². The molecule has 0 aromatic heterocycles. The molecule has 2 rings (SSSR count). The van der Waals surface area contributed by atoms with Crippen LogP contribution in [0.5, 0.6) is 0 Å². The standard InChI is InChI=1S/C20H19F6NO2/c1-3-27-11-14-10-15(19(21,22)23)4-5-17(14)13-6-12(8-18(28)29-2)7-16(9-13)20(24,25)26/h4-7,9-10,27H,3,8,11H2,1-2H3. The lowest BCUT2D eigenvalue weighted by molar-refractivity contribution is -0.140. The third kappa shape index (κ3) is 5.96. The molecular formula is C20H19F6NO2. The largest absolute Gasteiger partial charge is 0.469 e. The first-order valence-electron chi connectivity index (χ1n) is 8.65. The number of carbonyl (C=O) groups excluding carboxylic acids is 1. The minimum atomic E-state index is -4.69. The van der Waals surface area contributed by atoms with Gasteiger partial charge >= 0.3 is 18.3 Å². The fraction of sp³-hybridized carbons (Fsp3) is 0.350. The van der Waals surface area contributed by atoms with E-state index in [-0.39, 0.29) is 28.8 Å². The molecule has 0 unspecified atom stereocenters. The molecule has 0 amide bonds. The highest BCUT2D eigenvalue weighted by atomic mass is 19.4. The summed E-state index contributed by atoms with van der Waals surface area (Å²) in [5.74, 6) is -0.726. The molecule has 29 heavy (non-hydrogen) atoms. The van der Waals surface area contributed by atoms with Crippen LogP contribution in [0.15, 0.2) is 36.4 Å². The summed E-state index contributed by atoms with van der Waals surface area (Å²) in [4.78, 5) is 11.5. The number of alkyl halides is 6. The summed E-state index contributed by atoms with van der Waals surface area (Å²) in [5, 5.41) is 2.89. The van der Waals surface area contributed by atoms with Gasteiger partial charge in [-0.25, -0.2) is 0 Å². The Morgan fingerprint density at radius 3 is 2.17 bits per heavy atom. The fourth-order valence-corrected chi connectivity index (χ4v) is 2.81. The van der Waals surface area contributed by atoms with E-state index in [0.717, 1.165) is 37.4 Å². The van der Waals surface area contributed by atoms with Crippen molar-refractivity contribution in [3.8, 4) is 11.1 Å². The van der Waals surface area contributed by atoms with Gasteiger partial charge in [0, 0.05) is 6.54 Å². The maximum atomic E-state index is 13.3. The molecule has 0 aliphatic carbocycles. The first-order valence-corrected chi connectivity index (χ1v) is 8.65. The Kier molecular flexibility index (Phi) is 6.94. The molecule has 1 N–H and O–H groups in total. The van der Waals surface area contributed by atoms with Gasteiger partial charge in [0.1, 0.15) is 0 Å². The zero-order chi connectivity index (χ0) is 21.8. The lowest BCUT2D eigenvalue weighted by Gasteiger charge is -2.17. The molecule has 2 aromatic carbocycles. The molecule has 9 heteroatoms. The van der Waals surface area contributed by atoms with Gasteiger partial charge in [-0.05, 0) is 53.1 Å². The van der Waals surface area contributed by atoms with Gasteiger partial charge in [-0.2, -0.15) is 26.3 Å². The average molecular weight is 419 g/mol. The van der Waals surface area contributed by atoms with E-state index < -0.39 is 35.9 Å². The van der Waals surface area contributed by atoms with Gasteiger partial charge < -0.3 is 10.1 Å². The summed E-state index contributed by atoms with van der Waals surface area (Å²) in [6, 6.07) is 5.92. The van der Waals surface area contributed by atoms with E-state index in [0.29, 0.717) is 6.54 Å². The van der Waals surface area contributed by atoms with Crippen molar-refractivity contribution in [3.05, 3.63) is 58.7 Å². The third-order valence-corrected chi connectivity index (χ3v) is 4.21. The second kappa shape index (κ2) is 8.86. The molecule has 0 heterocycles. The second-order valence-corrected chi connectivity index (χ2v) is 6.32. The highest BCUT2D eigenvalue weighted by Crippen LogP contribution is 2.37. The number of esters is 1. The summed E-state index contributed by atoms with van der Waals surface area (Å²) in [5.41, 5.74) is -1.35. The average Bonchev–Trinajstić information content (AvgIpc) is 2.64. The van der Waals surface area contributed by atoms with E-state index in [4.69, 9.17) is 0 Å². The molecular weight excluding hydrogens is 400 g/mol. The summed E-state index contributed by atoms with van der Waals surface area (Å²) in [7, 11) is 1.11. The van der Waals surface area contributed by atoms with Crippen molar-refractivity contribution in [1.29, 1.82) is 0 Å². The zero-order valence-corrected chi connectivity index (χ0v) is 15.7. The van der Waals surface area contributed by atoms with Gasteiger partial charge in [0.2, 0.25) is 0 Å². The van der Waals surface area contributed by atoms with E-state index >= 15 is 0 Å². The van der Waals surface area contributed by atoms with Gasteiger partial charge in [0.25, 0.3) is 0 Å². The SMILES string of the molecule is CCNCc1cc(C(F)(F)F)ccc1-c1cc(CC(=O)OC)cc(C(F)(F)F)c1. The zero-order valence-electron chi connectivity index (χ0n) is 15.7. The van der Waals surface area contributed by atoms with Crippen LogP contribution in [0.3, 0.4) is 0 Å². The number of carbonyl (C=O) groups is 1. The summed E-state index contributed by atoms with van der Waals surface area (Å²) in [6.07, 6.45) is -9.66. The normalized spacial score (nSPS) is 12.1. The van der Waals surface area contributed by atoms with E-state index in [1.165, 1.54) is 6.07 Å². The molecule has 2 aromatic rings. The van der Waals surface area contributed by atoms with Gasteiger partial charge in [-0.3, -0.25) is 4.79 Å². The highest BCUT2D eigenvalue weighted by molar-refractivity contribution is 5.75. The molecule has 0 spiro atoms. The van der Waals surface area contributed by atoms with Gasteiger partial charge in [-0.15, -0.1) is 0 Å². The van der Waals surface area contributed by atoms with Crippen molar-refractivity contribution in [2.45, 2.75) is 32.2 Å². The van der Waals surface area contributed by atoms with Crippen LogP contribution in [0.2, 0.25) is 0 Å². The molecule has 0 aliphatic heterocycles. The first-order chi connectivity index (χ1) is 13.5. The molecule has 0 aliphatic rings. The first kappa shape index (κ1) is 22.7. The lowest BCUT2D eigenvalue weighted by atomic mass is 9.93. The van der Waals surface area contributed by atoms with Crippen molar-refractivity contribution >= 4 is 5.97 Å². The van der Waals surface area contributed by atoms with Crippen molar-refractivity contribution in [3.63, 3.8) is 0 Å². The van der Waals surface area contributed by atoms with Crippen molar-refractivity contribution < 1.29 is 35.9 Å². The molecule has 0 saturated carbocycles. The fourth-order valence-electron chi connectivity index (χ4n) is 2.81. The number of methoxy groups -OCH3 is 1. The van der Waals surface area contributed by atoms with E-state index in [1.54, 1.807) is 6.92 Å². The highest BCUT2D eigenvalue weighted by Gasteiger charge is 2.33. The number of nitrogens with one attached hydrogen (secondary N) is 1. The van der Waals surface area contributed by atoms with Crippen LogP contribution in [-0.2, 0) is 34.8 Å². The number of rotatable bonds is 6. The van der Waals surface area contributed by atoms with Crippen LogP contribution >= 0.6 is 0 Å². The van der Waals surface area contributed by atoms with Crippen LogP contribution < -0.4 is 5.32 Å². The Balaban J connectivity index is 2.64. The van der Waals surface area contributed by atoms with Crippen molar-refractivity contribution in [1.82, 2.24) is 5.32 Å². The predicted molar refractivity (Wildman–Crippen MR) is 95.0 cm³/mol. The number of benzene rings is 2. The maximum absolute atomic E-state index is 13.3. The maximum Gasteiger partial charge on any atom is 0.416 e. The van der Waals surface area contributed by atoms with Gasteiger partial charge in [0.05, 0.1) is 24.7 Å². The van der Waals surface area contributed by atoms with Crippen LogP contribution in [0.1, 0.15) is 29.2 Å². The molecule has 0 saturated heterocycles. The number of halogens is 6. The van der Waals surface area contributed by atoms with Crippen molar-refractivity contribution in [2.24, 2.45) is 0 Å². The molecule has 3 nitrogen and oxygen atoms in total. The minimum absolute atomic E-state index is 0.0400. The lowest BCUT2D eigenvalue weighted by Crippen LogP contribution is -2.14. The third-order valence-electron chi connectivity index (χ3n) is 4.21. The Morgan fingerprint density at radius 2 is 1.62 bits per heavy atom. The summed E-state index contributed by atoms with van der Waals surface area (Å²) < 4.78 is 83.7. The topological polar surface area (TPSA) is 38.3 Å². The van der Waals surface area contributed by atoms with Gasteiger partial charge in [0.15, 0.2) is 0 Å². The van der Waals surface area contributed by atoms with Crippen LogP contribution in [0.25, 0.3) is 11.1 Å². The monoisotopic (exact) mass is 419 g/mol. The Hall–Kier alpha value is -2.55. The second-order valence-electron chi connectivity index (χ2n) is 6.32. The Morgan fingerprint density at radius 1 is 0.966 bits per heavy atom. The Bertz CT molecular complexity index is 874. The van der Waals surface area contributed by atoms with Crippen LogP contribution in [0, 0.1) is 0 Å². The molecule has 0 bridgehead atoms. The Labute approximate surface area is 163 Å². The summed E-state index contributed by atoms with van der Waals surface area (Å²) in [6.45, 7) is 2.26. The minimum Gasteiger partial charge on any atom is -0.469 e. The van der Waals surface area contributed by atoms with Gasteiger partial charge in [-0.1, -0.05) is 19.1 Å². The summed E-state index contributed by atoms with van der Waals surface area (Å²) >= 11 is 0. The molecule has 0 radical (unpaired) electrons. The number of hydrogen-bond donors (Lipinski definition) is 1. The number of hydrogen-bond acceptors (Lipinski definition) is 3. The predicted octanol–water partition coefficient (Wildman–Crippen LogP) is 5.22. The van der Waals surface area contributed by atoms with E-state index in [2.05, 4.69) is 10.1 Å². The smallest absolute Gasteiger partial charge is 0.416 e. The van der Waals surface area contributed by atoms with Crippen molar-refractivity contribution in [2.75, 3.05) is 13.7 Å².